The Labute approximate surface area is 162 Å². The molecule has 0 bridgehead atoms. The number of para-hydroxylation sites is 2. The summed E-state index contributed by atoms with van der Waals surface area (Å²) in [6.07, 6.45) is 1.77. The Morgan fingerprint density at radius 3 is 2.59 bits per heavy atom. The third-order valence-corrected chi connectivity index (χ3v) is 5.80. The van der Waals surface area contributed by atoms with E-state index in [0.717, 1.165) is 15.8 Å². The summed E-state index contributed by atoms with van der Waals surface area (Å²) in [6, 6.07) is 16.7. The summed E-state index contributed by atoms with van der Waals surface area (Å²) >= 11 is 1.52. The van der Waals surface area contributed by atoms with Crippen LogP contribution >= 0.6 is 11.8 Å². The first-order valence-electron chi connectivity index (χ1n) is 8.96. The second kappa shape index (κ2) is 7.96. The fraction of sp³-hybridized carbons (Fsp3) is 0.238. The van der Waals surface area contributed by atoms with Crippen LogP contribution in [0, 0.1) is 5.82 Å². The Morgan fingerprint density at radius 1 is 1.00 bits per heavy atom. The third-order valence-electron chi connectivity index (χ3n) is 4.77. The summed E-state index contributed by atoms with van der Waals surface area (Å²) in [7, 11) is 0. The van der Waals surface area contributed by atoms with Crippen LogP contribution in [-0.4, -0.2) is 47.7 Å². The third kappa shape index (κ3) is 3.90. The molecule has 1 aliphatic rings. The van der Waals surface area contributed by atoms with Crippen LogP contribution in [0.25, 0.3) is 10.9 Å². The molecule has 2 heterocycles. The molecule has 138 valence electrons. The molecule has 2 aromatic carbocycles. The fourth-order valence-corrected chi connectivity index (χ4v) is 4.27. The summed E-state index contributed by atoms with van der Waals surface area (Å²) in [5, 5.41) is 1.08. The van der Waals surface area contributed by atoms with E-state index in [0.29, 0.717) is 37.6 Å². The van der Waals surface area contributed by atoms with Crippen LogP contribution in [0.15, 0.2) is 65.7 Å². The quantitative estimate of drug-likeness (QED) is 0.644. The van der Waals surface area contributed by atoms with Gasteiger partial charge in [-0.15, -0.1) is 11.8 Å². The Bertz CT molecular complexity index is 952. The number of thioether (sulfide) groups is 1. The lowest BCUT2D eigenvalue weighted by Gasteiger charge is -2.36. The summed E-state index contributed by atoms with van der Waals surface area (Å²) in [4.78, 5) is 21.9. The van der Waals surface area contributed by atoms with Crippen molar-refractivity contribution in [1.82, 2.24) is 9.88 Å². The van der Waals surface area contributed by atoms with Crippen molar-refractivity contribution in [1.29, 1.82) is 0 Å². The molecular formula is C21H20FN3OS. The van der Waals surface area contributed by atoms with E-state index in [1.165, 1.54) is 17.8 Å². The van der Waals surface area contributed by atoms with Gasteiger partial charge in [0.2, 0.25) is 5.91 Å². The average Bonchev–Trinajstić information content (AvgIpc) is 2.72. The predicted octanol–water partition coefficient (Wildman–Crippen LogP) is 3.81. The topological polar surface area (TPSA) is 36.4 Å². The molecule has 1 fully saturated rings. The fourth-order valence-electron chi connectivity index (χ4n) is 3.33. The van der Waals surface area contributed by atoms with E-state index in [-0.39, 0.29) is 11.7 Å². The minimum atomic E-state index is -0.212. The van der Waals surface area contributed by atoms with E-state index in [4.69, 9.17) is 0 Å². The van der Waals surface area contributed by atoms with Crippen molar-refractivity contribution in [2.24, 2.45) is 0 Å². The predicted molar refractivity (Wildman–Crippen MR) is 108 cm³/mol. The minimum Gasteiger partial charge on any atom is -0.366 e. The molecule has 1 aromatic heterocycles. The lowest BCUT2D eigenvalue weighted by molar-refractivity contribution is -0.128. The Kier molecular flexibility index (Phi) is 5.25. The standard InChI is InChI=1S/C21H20FN3OS/c22-17-7-1-2-8-18(17)24-11-13-25(14-12-24)20(26)15-27-19-9-3-5-16-6-4-10-23-21(16)19/h1-10H,11-15H2. The summed E-state index contributed by atoms with van der Waals surface area (Å²) in [5.41, 5.74) is 1.54. The van der Waals surface area contributed by atoms with E-state index in [9.17, 15) is 9.18 Å². The number of anilines is 1. The largest absolute Gasteiger partial charge is 0.366 e. The number of hydrogen-bond acceptors (Lipinski definition) is 4. The second-order valence-electron chi connectivity index (χ2n) is 6.44. The summed E-state index contributed by atoms with van der Waals surface area (Å²) in [6.45, 7) is 2.52. The zero-order chi connectivity index (χ0) is 18.6. The van der Waals surface area contributed by atoms with Crippen molar-refractivity contribution < 1.29 is 9.18 Å². The minimum absolute atomic E-state index is 0.112. The van der Waals surface area contributed by atoms with Crippen molar-refractivity contribution in [2.45, 2.75) is 4.90 Å². The van der Waals surface area contributed by atoms with Gasteiger partial charge in [-0.2, -0.15) is 0 Å². The first-order chi connectivity index (χ1) is 13.2. The zero-order valence-corrected chi connectivity index (χ0v) is 15.7. The normalized spacial score (nSPS) is 14.6. The number of halogens is 1. The van der Waals surface area contributed by atoms with Crippen molar-refractivity contribution >= 4 is 34.3 Å². The maximum atomic E-state index is 13.9. The maximum absolute atomic E-state index is 13.9. The number of fused-ring (bicyclic) bond motifs is 1. The average molecular weight is 381 g/mol. The van der Waals surface area contributed by atoms with Crippen LogP contribution in [-0.2, 0) is 4.79 Å². The highest BCUT2D eigenvalue weighted by atomic mass is 32.2. The molecule has 0 spiro atoms. The number of nitrogens with zero attached hydrogens (tertiary/aromatic N) is 3. The monoisotopic (exact) mass is 381 g/mol. The van der Waals surface area contributed by atoms with Crippen molar-refractivity contribution in [2.75, 3.05) is 36.8 Å². The number of rotatable bonds is 4. The van der Waals surface area contributed by atoms with Crippen LogP contribution < -0.4 is 4.90 Å². The molecule has 3 aromatic rings. The smallest absolute Gasteiger partial charge is 0.233 e. The van der Waals surface area contributed by atoms with E-state index < -0.39 is 0 Å². The van der Waals surface area contributed by atoms with Crippen LogP contribution in [0.2, 0.25) is 0 Å². The van der Waals surface area contributed by atoms with Crippen LogP contribution in [0.1, 0.15) is 0 Å². The number of carbonyl (C=O) groups is 1. The highest BCUT2D eigenvalue weighted by Gasteiger charge is 2.22. The number of piperazine rings is 1. The number of hydrogen-bond donors (Lipinski definition) is 0. The SMILES string of the molecule is O=C(CSc1cccc2cccnc12)N1CCN(c2ccccc2F)CC1. The number of carbonyl (C=O) groups excluding carboxylic acids is 1. The zero-order valence-electron chi connectivity index (χ0n) is 14.8. The Hall–Kier alpha value is -2.60. The van der Waals surface area contributed by atoms with E-state index in [1.807, 2.05) is 46.2 Å². The van der Waals surface area contributed by atoms with Gasteiger partial charge in [-0.1, -0.05) is 30.3 Å². The van der Waals surface area contributed by atoms with Crippen LogP contribution in [0.3, 0.4) is 0 Å². The van der Waals surface area contributed by atoms with Gasteiger partial charge in [-0.05, 0) is 24.3 Å². The van der Waals surface area contributed by atoms with Gasteiger partial charge in [0.25, 0.3) is 0 Å². The van der Waals surface area contributed by atoms with E-state index >= 15 is 0 Å². The van der Waals surface area contributed by atoms with Gasteiger partial charge in [0.15, 0.2) is 0 Å². The molecule has 0 atom stereocenters. The van der Waals surface area contributed by atoms with Crippen LogP contribution in [0.5, 0.6) is 0 Å². The molecular weight excluding hydrogens is 361 g/mol. The number of benzene rings is 2. The molecule has 27 heavy (non-hydrogen) atoms. The lowest BCUT2D eigenvalue weighted by atomic mass is 10.2. The molecule has 0 aliphatic carbocycles. The first-order valence-corrected chi connectivity index (χ1v) is 9.95. The molecule has 0 radical (unpaired) electrons. The second-order valence-corrected chi connectivity index (χ2v) is 7.46. The number of aromatic nitrogens is 1. The van der Waals surface area contributed by atoms with Gasteiger partial charge in [0.05, 0.1) is 17.0 Å². The molecule has 0 saturated carbocycles. The van der Waals surface area contributed by atoms with E-state index in [1.54, 1.807) is 18.3 Å². The van der Waals surface area contributed by atoms with Crippen molar-refractivity contribution in [3.05, 3.63) is 66.6 Å². The molecule has 0 unspecified atom stereocenters. The van der Waals surface area contributed by atoms with E-state index in [2.05, 4.69) is 4.98 Å². The van der Waals surface area contributed by atoms with Crippen LogP contribution in [0.4, 0.5) is 10.1 Å². The highest BCUT2D eigenvalue weighted by Crippen LogP contribution is 2.27. The Balaban J connectivity index is 1.35. The van der Waals surface area contributed by atoms with Crippen molar-refractivity contribution in [3.63, 3.8) is 0 Å². The Morgan fingerprint density at radius 2 is 1.78 bits per heavy atom. The molecule has 6 heteroatoms. The first kappa shape index (κ1) is 17.8. The highest BCUT2D eigenvalue weighted by molar-refractivity contribution is 8.00. The van der Waals surface area contributed by atoms with Crippen molar-refractivity contribution in [3.8, 4) is 0 Å². The van der Waals surface area contributed by atoms with Gasteiger partial charge in [-0.25, -0.2) is 4.39 Å². The summed E-state index contributed by atoms with van der Waals surface area (Å²) < 4.78 is 13.9. The lowest BCUT2D eigenvalue weighted by Crippen LogP contribution is -2.49. The number of amides is 1. The molecule has 1 aliphatic heterocycles. The number of pyridine rings is 1. The molecule has 1 amide bonds. The maximum Gasteiger partial charge on any atom is 0.233 e. The van der Waals surface area contributed by atoms with Gasteiger partial charge in [0, 0.05) is 42.7 Å². The van der Waals surface area contributed by atoms with Gasteiger partial charge >= 0.3 is 0 Å². The van der Waals surface area contributed by atoms with Gasteiger partial charge in [0.1, 0.15) is 5.82 Å². The van der Waals surface area contributed by atoms with Gasteiger partial charge < -0.3 is 9.80 Å². The summed E-state index contributed by atoms with van der Waals surface area (Å²) in [5.74, 6) is 0.285. The molecule has 4 nitrogen and oxygen atoms in total. The molecule has 1 saturated heterocycles. The molecule has 4 rings (SSSR count). The van der Waals surface area contributed by atoms with Gasteiger partial charge in [-0.3, -0.25) is 9.78 Å². The molecule has 0 N–H and O–H groups in total.